The fraction of sp³-hybridized carbons (Fsp3) is 0.385. The normalized spacial score (nSPS) is 18.1. The lowest BCUT2D eigenvalue weighted by Gasteiger charge is -2.16. The highest BCUT2D eigenvalue weighted by Crippen LogP contribution is 2.06. The molecule has 0 saturated carbocycles. The maximum atomic E-state index is 5.56. The second-order valence-electron chi connectivity index (χ2n) is 4.13. The molecule has 0 amide bonds. The Kier molecular flexibility index (Phi) is 4.80. The van der Waals surface area contributed by atoms with Crippen LogP contribution in [-0.2, 0) is 9.31 Å². The number of hydrogen-bond acceptors (Lipinski definition) is 3. The van der Waals surface area contributed by atoms with Gasteiger partial charge in [0, 0.05) is 26.3 Å². The zero-order valence-electron chi connectivity index (χ0n) is 10.2. The molecule has 2 rings (SSSR count). The first kappa shape index (κ1) is 12.4. The van der Waals surface area contributed by atoms with Crippen LogP contribution in [0, 0.1) is 6.92 Å². The van der Waals surface area contributed by atoms with Gasteiger partial charge in [-0.25, -0.2) is 0 Å². The molecule has 0 spiro atoms. The average Bonchev–Trinajstić information content (AvgIpc) is 2.30. The molecule has 1 aromatic carbocycles. The third-order valence-electron chi connectivity index (χ3n) is 2.65. The van der Waals surface area contributed by atoms with Gasteiger partial charge in [0.15, 0.2) is 0 Å². The summed E-state index contributed by atoms with van der Waals surface area (Å²) >= 11 is 0. The molecule has 1 aliphatic rings. The van der Waals surface area contributed by atoms with Gasteiger partial charge in [-0.15, -0.1) is 0 Å². The van der Waals surface area contributed by atoms with Gasteiger partial charge in [0.2, 0.25) is 0 Å². The Bertz CT molecular complexity index is 356. The average molecular weight is 231 g/mol. The number of nitrogens with one attached hydrogen (secondary N) is 1. The van der Waals surface area contributed by atoms with E-state index >= 15 is 0 Å². The zero-order valence-corrected chi connectivity index (χ0v) is 10.2. The van der Waals surface area contributed by atoms with Crippen LogP contribution in [0.1, 0.15) is 11.1 Å². The van der Waals surface area contributed by atoms with Crippen LogP contribution >= 0.6 is 0 Å². The topological polar surface area (TPSA) is 30.5 Å². The highest BCUT2D eigenvalue weighted by Gasteiger charge is 2.15. The highest BCUT2D eigenvalue weighted by atomic mass is 16.6. The maximum Gasteiger partial charge on any atom is 0.486 e. The first-order valence-corrected chi connectivity index (χ1v) is 6.03. The predicted octanol–water partition coefficient (Wildman–Crippen LogP) is 1.67. The first-order valence-electron chi connectivity index (χ1n) is 6.03. The second kappa shape index (κ2) is 6.59. The summed E-state index contributed by atoms with van der Waals surface area (Å²) in [5.74, 6) is 1.97. The summed E-state index contributed by atoms with van der Waals surface area (Å²) in [7, 11) is -0.224. The van der Waals surface area contributed by atoms with Crippen molar-refractivity contribution in [3.63, 3.8) is 0 Å². The lowest BCUT2D eigenvalue weighted by Crippen LogP contribution is -2.34. The third kappa shape index (κ3) is 4.34. The van der Waals surface area contributed by atoms with Gasteiger partial charge >= 0.3 is 7.12 Å². The SMILES string of the molecule is Cc1ccc(C=CB2OCCNCCO2)cc1. The lowest BCUT2D eigenvalue weighted by atomic mass is 9.88. The van der Waals surface area contributed by atoms with Gasteiger partial charge in [-0.3, -0.25) is 0 Å². The van der Waals surface area contributed by atoms with E-state index in [0.717, 1.165) is 13.1 Å². The van der Waals surface area contributed by atoms with Crippen LogP contribution in [0.15, 0.2) is 30.2 Å². The Hall–Kier alpha value is -1.10. The largest absolute Gasteiger partial charge is 0.486 e. The van der Waals surface area contributed by atoms with Gasteiger partial charge in [-0.1, -0.05) is 41.9 Å². The molecule has 0 bridgehead atoms. The molecule has 1 fully saturated rings. The van der Waals surface area contributed by atoms with Gasteiger partial charge in [-0.2, -0.15) is 0 Å². The molecular formula is C13H18BNO2. The van der Waals surface area contributed by atoms with Crippen molar-refractivity contribution in [2.45, 2.75) is 6.92 Å². The highest BCUT2D eigenvalue weighted by molar-refractivity contribution is 6.51. The lowest BCUT2D eigenvalue weighted by molar-refractivity contribution is 0.186. The Morgan fingerprint density at radius 3 is 2.41 bits per heavy atom. The van der Waals surface area contributed by atoms with E-state index in [1.54, 1.807) is 0 Å². The van der Waals surface area contributed by atoms with Crippen molar-refractivity contribution in [1.82, 2.24) is 5.32 Å². The molecule has 90 valence electrons. The molecule has 4 heteroatoms. The summed E-state index contributed by atoms with van der Waals surface area (Å²) in [5.41, 5.74) is 2.44. The van der Waals surface area contributed by atoms with Crippen molar-refractivity contribution in [1.29, 1.82) is 0 Å². The van der Waals surface area contributed by atoms with Crippen molar-refractivity contribution in [3.8, 4) is 0 Å². The van der Waals surface area contributed by atoms with E-state index in [0.29, 0.717) is 13.2 Å². The van der Waals surface area contributed by atoms with Crippen LogP contribution in [0.2, 0.25) is 0 Å². The number of aryl methyl sites for hydroxylation is 1. The van der Waals surface area contributed by atoms with Crippen molar-refractivity contribution in [2.75, 3.05) is 26.3 Å². The summed E-state index contributed by atoms with van der Waals surface area (Å²) < 4.78 is 11.1. The molecule has 1 aliphatic heterocycles. The summed E-state index contributed by atoms with van der Waals surface area (Å²) in [5, 5.41) is 3.21. The monoisotopic (exact) mass is 231 g/mol. The number of rotatable bonds is 2. The number of benzene rings is 1. The van der Waals surface area contributed by atoms with E-state index in [-0.39, 0.29) is 7.12 Å². The summed E-state index contributed by atoms with van der Waals surface area (Å²) in [6.07, 6.45) is 2.04. The van der Waals surface area contributed by atoms with E-state index in [1.807, 2.05) is 12.1 Å². The molecule has 1 aromatic rings. The van der Waals surface area contributed by atoms with Gasteiger partial charge in [0.1, 0.15) is 0 Å². The molecule has 1 saturated heterocycles. The summed E-state index contributed by atoms with van der Waals surface area (Å²) in [6.45, 7) is 5.23. The molecular weight excluding hydrogens is 213 g/mol. The molecule has 3 nitrogen and oxygen atoms in total. The summed E-state index contributed by atoms with van der Waals surface area (Å²) in [4.78, 5) is 0. The van der Waals surface area contributed by atoms with Crippen molar-refractivity contribution < 1.29 is 9.31 Å². The van der Waals surface area contributed by atoms with Gasteiger partial charge in [0.05, 0.1) is 0 Å². The van der Waals surface area contributed by atoms with Crippen LogP contribution in [0.4, 0.5) is 0 Å². The fourth-order valence-electron chi connectivity index (χ4n) is 1.65. The Morgan fingerprint density at radius 2 is 1.76 bits per heavy atom. The molecule has 1 heterocycles. The van der Waals surface area contributed by atoms with E-state index < -0.39 is 0 Å². The van der Waals surface area contributed by atoms with E-state index in [2.05, 4.69) is 36.5 Å². The van der Waals surface area contributed by atoms with Crippen molar-refractivity contribution in [3.05, 3.63) is 41.4 Å². The number of hydrogen-bond donors (Lipinski definition) is 1. The second-order valence-corrected chi connectivity index (χ2v) is 4.13. The first-order chi connectivity index (χ1) is 8.34. The molecule has 0 aromatic heterocycles. The Morgan fingerprint density at radius 1 is 1.12 bits per heavy atom. The molecule has 0 unspecified atom stereocenters. The third-order valence-corrected chi connectivity index (χ3v) is 2.65. The minimum Gasteiger partial charge on any atom is -0.406 e. The van der Waals surface area contributed by atoms with E-state index in [9.17, 15) is 0 Å². The van der Waals surface area contributed by atoms with E-state index in [1.165, 1.54) is 11.1 Å². The fourth-order valence-corrected chi connectivity index (χ4v) is 1.65. The molecule has 0 atom stereocenters. The maximum absolute atomic E-state index is 5.56. The Labute approximate surface area is 103 Å². The van der Waals surface area contributed by atoms with Crippen LogP contribution in [0.25, 0.3) is 6.08 Å². The minimum absolute atomic E-state index is 0.224. The van der Waals surface area contributed by atoms with Gasteiger partial charge in [-0.05, 0) is 12.5 Å². The summed E-state index contributed by atoms with van der Waals surface area (Å²) in [6, 6.07) is 8.39. The molecule has 17 heavy (non-hydrogen) atoms. The van der Waals surface area contributed by atoms with Crippen LogP contribution in [-0.4, -0.2) is 33.4 Å². The quantitative estimate of drug-likeness (QED) is 0.785. The molecule has 0 aliphatic carbocycles. The van der Waals surface area contributed by atoms with Crippen molar-refractivity contribution in [2.24, 2.45) is 0 Å². The van der Waals surface area contributed by atoms with Crippen LogP contribution < -0.4 is 5.32 Å². The van der Waals surface area contributed by atoms with Crippen LogP contribution in [0.3, 0.4) is 0 Å². The molecule has 1 N–H and O–H groups in total. The Balaban J connectivity index is 1.91. The minimum atomic E-state index is -0.224. The van der Waals surface area contributed by atoms with Gasteiger partial charge < -0.3 is 14.6 Å². The van der Waals surface area contributed by atoms with Crippen molar-refractivity contribution >= 4 is 13.2 Å². The molecule has 0 radical (unpaired) electrons. The van der Waals surface area contributed by atoms with Crippen LogP contribution in [0.5, 0.6) is 0 Å². The van der Waals surface area contributed by atoms with Gasteiger partial charge in [0.25, 0.3) is 0 Å². The smallest absolute Gasteiger partial charge is 0.406 e. The zero-order chi connectivity index (χ0) is 11.9. The standard InChI is InChI=1S/C13H18BNO2/c1-12-2-4-13(5-3-12)6-7-14-16-10-8-15-9-11-17-14/h2-7,15H,8-11H2,1H3. The predicted molar refractivity (Wildman–Crippen MR) is 70.7 cm³/mol. The van der Waals surface area contributed by atoms with E-state index in [4.69, 9.17) is 9.31 Å².